The van der Waals surface area contributed by atoms with Crippen molar-refractivity contribution >= 4 is 0 Å². The molecule has 0 N–H and O–H groups in total. The Labute approximate surface area is 202 Å². The monoisotopic (exact) mass is 472 g/mol. The van der Waals surface area contributed by atoms with E-state index in [1.807, 2.05) is 12.1 Å². The zero-order chi connectivity index (χ0) is 23.9. The van der Waals surface area contributed by atoms with Crippen LogP contribution in [0.5, 0.6) is 11.5 Å². The number of halogens is 2. The summed E-state index contributed by atoms with van der Waals surface area (Å²) in [6, 6.07) is 10.2. The summed E-state index contributed by atoms with van der Waals surface area (Å²) in [6.45, 7) is 5.68. The topological polar surface area (TPSA) is 27.7 Å². The summed E-state index contributed by atoms with van der Waals surface area (Å²) in [5.74, 6) is 0.871. The van der Waals surface area contributed by atoms with Crippen LogP contribution < -0.4 is 9.47 Å². The number of hydrogen-bond donors (Lipinski definition) is 0. The predicted molar refractivity (Wildman–Crippen MR) is 131 cm³/mol. The van der Waals surface area contributed by atoms with Gasteiger partial charge in [-0.25, -0.2) is 4.39 Å². The molecule has 2 aromatic rings. The molecule has 3 nitrogen and oxygen atoms in total. The molecule has 5 heteroatoms. The number of hydrogen-bond acceptors (Lipinski definition) is 3. The van der Waals surface area contributed by atoms with Crippen LogP contribution in [0.2, 0.25) is 0 Å². The fraction of sp³-hybridized carbons (Fsp3) is 0.586. The van der Waals surface area contributed by atoms with E-state index in [2.05, 4.69) is 6.92 Å². The van der Waals surface area contributed by atoms with Crippen LogP contribution in [0.4, 0.5) is 8.78 Å². The van der Waals surface area contributed by atoms with Crippen molar-refractivity contribution in [2.75, 3.05) is 19.8 Å². The van der Waals surface area contributed by atoms with Gasteiger partial charge in [0.25, 0.3) is 0 Å². The minimum atomic E-state index is -0.954. The van der Waals surface area contributed by atoms with Gasteiger partial charge in [0, 0.05) is 11.5 Å². The Morgan fingerprint density at radius 1 is 0.824 bits per heavy atom. The Morgan fingerprint density at radius 3 is 2.21 bits per heavy atom. The van der Waals surface area contributed by atoms with Crippen molar-refractivity contribution in [1.29, 1.82) is 0 Å². The molecular formula is C29H38F2O3. The van der Waals surface area contributed by atoms with Gasteiger partial charge in [0.2, 0.25) is 5.82 Å². The Hall–Kier alpha value is -2.14. The van der Waals surface area contributed by atoms with Crippen molar-refractivity contribution in [2.24, 2.45) is 17.8 Å². The normalized spacial score (nSPS) is 25.2. The third-order valence-corrected chi connectivity index (χ3v) is 7.52. The van der Waals surface area contributed by atoms with Gasteiger partial charge in [-0.15, -0.1) is 0 Å². The number of ether oxygens (including phenoxy) is 3. The third kappa shape index (κ3) is 6.10. The fourth-order valence-corrected chi connectivity index (χ4v) is 5.55. The van der Waals surface area contributed by atoms with E-state index in [4.69, 9.17) is 14.2 Å². The molecule has 0 aromatic heterocycles. The summed E-state index contributed by atoms with van der Waals surface area (Å²) >= 11 is 0. The molecule has 0 spiro atoms. The predicted octanol–water partition coefficient (Wildman–Crippen LogP) is 7.81. The first-order valence-electron chi connectivity index (χ1n) is 13.0. The first kappa shape index (κ1) is 25.0. The van der Waals surface area contributed by atoms with E-state index in [9.17, 15) is 8.78 Å². The van der Waals surface area contributed by atoms with Gasteiger partial charge < -0.3 is 14.2 Å². The average molecular weight is 473 g/mol. The molecule has 1 saturated heterocycles. The van der Waals surface area contributed by atoms with Gasteiger partial charge >= 0.3 is 0 Å². The van der Waals surface area contributed by atoms with Gasteiger partial charge in [-0.3, -0.25) is 0 Å². The molecule has 2 aromatic carbocycles. The highest BCUT2D eigenvalue weighted by Crippen LogP contribution is 2.37. The molecule has 1 aliphatic heterocycles. The molecule has 186 valence electrons. The van der Waals surface area contributed by atoms with E-state index < -0.39 is 11.6 Å². The van der Waals surface area contributed by atoms with Crippen LogP contribution >= 0.6 is 0 Å². The Bertz CT molecular complexity index is 898. The molecule has 2 fully saturated rings. The van der Waals surface area contributed by atoms with E-state index in [0.29, 0.717) is 24.2 Å². The first-order valence-corrected chi connectivity index (χ1v) is 13.0. The standard InChI is InChI=1S/C29H38F2O3/c1-3-5-20-6-9-23(10-7-20)26-16-8-21(19-34-26)18-33-24-13-11-22(12-14-24)25-15-17-27(32-4-2)29(31)28(25)30/h11-15,17,20-21,23,26H,3-10,16,18-19H2,1-2H3. The Morgan fingerprint density at radius 2 is 1.56 bits per heavy atom. The van der Waals surface area contributed by atoms with E-state index in [1.165, 1.54) is 44.6 Å². The fourth-order valence-electron chi connectivity index (χ4n) is 5.55. The minimum absolute atomic E-state index is 0.0650. The highest BCUT2D eigenvalue weighted by molar-refractivity contribution is 5.66. The molecule has 0 radical (unpaired) electrons. The van der Waals surface area contributed by atoms with Gasteiger partial charge in [0.15, 0.2) is 11.6 Å². The first-order chi connectivity index (χ1) is 16.6. The van der Waals surface area contributed by atoms with Crippen molar-refractivity contribution in [1.82, 2.24) is 0 Å². The molecule has 1 aliphatic carbocycles. The molecule has 1 heterocycles. The molecular weight excluding hydrogens is 434 g/mol. The van der Waals surface area contributed by atoms with Crippen LogP contribution in [0, 0.1) is 29.4 Å². The maximum Gasteiger partial charge on any atom is 0.201 e. The maximum atomic E-state index is 14.5. The van der Waals surface area contributed by atoms with Crippen LogP contribution in [0.3, 0.4) is 0 Å². The molecule has 2 aliphatic rings. The summed E-state index contributed by atoms with van der Waals surface area (Å²) < 4.78 is 46.1. The second-order valence-electron chi connectivity index (χ2n) is 9.89. The van der Waals surface area contributed by atoms with Crippen molar-refractivity contribution in [3.8, 4) is 22.6 Å². The largest absolute Gasteiger partial charge is 0.493 e. The summed E-state index contributed by atoms with van der Waals surface area (Å²) in [5, 5.41) is 0. The molecule has 0 amide bonds. The van der Waals surface area contributed by atoms with Gasteiger partial charge in [-0.2, -0.15) is 4.39 Å². The SMILES string of the molecule is CCCC1CCC(C2CCC(COc3ccc(-c4ccc(OCC)c(F)c4F)cc3)CO2)CC1. The van der Waals surface area contributed by atoms with Crippen LogP contribution in [0.1, 0.15) is 65.2 Å². The quantitative estimate of drug-likeness (QED) is 0.372. The summed E-state index contributed by atoms with van der Waals surface area (Å²) in [4.78, 5) is 0. The average Bonchev–Trinajstić information content (AvgIpc) is 2.87. The molecule has 4 rings (SSSR count). The Kier molecular flexibility index (Phi) is 8.82. The van der Waals surface area contributed by atoms with Gasteiger partial charge in [-0.1, -0.05) is 44.7 Å². The van der Waals surface area contributed by atoms with Gasteiger partial charge in [0.05, 0.1) is 25.9 Å². The van der Waals surface area contributed by atoms with Crippen LogP contribution in [-0.4, -0.2) is 25.9 Å². The lowest BCUT2D eigenvalue weighted by Crippen LogP contribution is -2.35. The summed E-state index contributed by atoms with van der Waals surface area (Å²) in [7, 11) is 0. The van der Waals surface area contributed by atoms with Gasteiger partial charge in [-0.05, 0) is 74.3 Å². The van der Waals surface area contributed by atoms with Crippen molar-refractivity contribution < 1.29 is 23.0 Å². The highest BCUT2D eigenvalue weighted by atomic mass is 19.2. The zero-order valence-electron chi connectivity index (χ0n) is 20.5. The summed E-state index contributed by atoms with van der Waals surface area (Å²) in [5.41, 5.74) is 0.812. The van der Waals surface area contributed by atoms with Crippen molar-refractivity contribution in [3.05, 3.63) is 48.0 Å². The third-order valence-electron chi connectivity index (χ3n) is 7.52. The van der Waals surface area contributed by atoms with Crippen molar-refractivity contribution in [2.45, 2.75) is 71.3 Å². The maximum absolute atomic E-state index is 14.5. The zero-order valence-corrected chi connectivity index (χ0v) is 20.5. The van der Waals surface area contributed by atoms with E-state index >= 15 is 0 Å². The van der Waals surface area contributed by atoms with Gasteiger partial charge in [0.1, 0.15) is 5.75 Å². The molecule has 1 saturated carbocycles. The van der Waals surface area contributed by atoms with Crippen molar-refractivity contribution in [3.63, 3.8) is 0 Å². The Balaban J connectivity index is 1.24. The molecule has 2 unspecified atom stereocenters. The second kappa shape index (κ2) is 12.0. The second-order valence-corrected chi connectivity index (χ2v) is 9.89. The molecule has 34 heavy (non-hydrogen) atoms. The molecule has 2 atom stereocenters. The van der Waals surface area contributed by atoms with E-state index in [-0.39, 0.29) is 17.9 Å². The number of benzene rings is 2. The highest BCUT2D eigenvalue weighted by Gasteiger charge is 2.31. The van der Waals surface area contributed by atoms with Crippen LogP contribution in [-0.2, 0) is 4.74 Å². The lowest BCUT2D eigenvalue weighted by Gasteiger charge is -2.37. The number of rotatable bonds is 9. The van der Waals surface area contributed by atoms with Crippen LogP contribution in [0.15, 0.2) is 36.4 Å². The molecule has 0 bridgehead atoms. The minimum Gasteiger partial charge on any atom is -0.493 e. The van der Waals surface area contributed by atoms with Crippen LogP contribution in [0.25, 0.3) is 11.1 Å². The summed E-state index contributed by atoms with van der Waals surface area (Å²) in [6.07, 6.45) is 10.7. The van der Waals surface area contributed by atoms with E-state index in [0.717, 1.165) is 37.0 Å². The van der Waals surface area contributed by atoms with E-state index in [1.54, 1.807) is 25.1 Å². The lowest BCUT2D eigenvalue weighted by molar-refractivity contribution is -0.0653. The smallest absolute Gasteiger partial charge is 0.201 e. The lowest BCUT2D eigenvalue weighted by atomic mass is 9.76.